The summed E-state index contributed by atoms with van der Waals surface area (Å²) in [4.78, 5) is 26.2. The van der Waals surface area contributed by atoms with Crippen LogP contribution in [0.2, 0.25) is 0 Å². The van der Waals surface area contributed by atoms with Gasteiger partial charge < -0.3 is 20.5 Å². The van der Waals surface area contributed by atoms with Crippen LogP contribution in [0.15, 0.2) is 23.8 Å². The van der Waals surface area contributed by atoms with Gasteiger partial charge >= 0.3 is 0 Å². The molecule has 0 radical (unpaired) electrons. The van der Waals surface area contributed by atoms with E-state index in [1.165, 1.54) is 23.8 Å². The van der Waals surface area contributed by atoms with Crippen LogP contribution in [0.1, 0.15) is 72.3 Å². The zero-order valence-corrected chi connectivity index (χ0v) is 21.4. The minimum atomic E-state index is -0.586. The number of hydrogen-bond acceptors (Lipinski definition) is 6. The van der Waals surface area contributed by atoms with Crippen molar-refractivity contribution in [3.8, 4) is 17.6 Å². The van der Waals surface area contributed by atoms with Crippen LogP contribution in [0, 0.1) is 17.2 Å². The lowest BCUT2D eigenvalue weighted by Crippen LogP contribution is -2.19. The number of anilines is 1. The molecule has 0 spiro atoms. The van der Waals surface area contributed by atoms with Gasteiger partial charge in [-0.2, -0.15) is 5.26 Å². The summed E-state index contributed by atoms with van der Waals surface area (Å²) in [6.07, 6.45) is 8.50. The smallest absolute Gasteiger partial charge is 0.266 e. The SMILES string of the molecule is CCCCCCOc1ccc(/C=C(\C#N)C(=O)Nc2sc3c(c2C(N)=O)CC[C@H](C)C3)cc1OC. The van der Waals surface area contributed by atoms with Gasteiger partial charge in [0.2, 0.25) is 0 Å². The molecule has 8 heteroatoms. The van der Waals surface area contributed by atoms with Crippen LogP contribution in [-0.4, -0.2) is 25.5 Å². The van der Waals surface area contributed by atoms with E-state index in [1.807, 2.05) is 6.07 Å². The van der Waals surface area contributed by atoms with Crippen LogP contribution >= 0.6 is 11.3 Å². The van der Waals surface area contributed by atoms with Crippen molar-refractivity contribution in [3.63, 3.8) is 0 Å². The second-order valence-corrected chi connectivity index (χ2v) is 9.97. The summed E-state index contributed by atoms with van der Waals surface area (Å²) in [7, 11) is 1.55. The van der Waals surface area contributed by atoms with Gasteiger partial charge in [-0.3, -0.25) is 9.59 Å². The lowest BCUT2D eigenvalue weighted by Gasteiger charge is -2.18. The maximum atomic E-state index is 12.9. The fourth-order valence-corrected chi connectivity index (χ4v) is 5.60. The number of amides is 2. The largest absolute Gasteiger partial charge is 0.493 e. The number of nitriles is 1. The zero-order valence-electron chi connectivity index (χ0n) is 20.6. The molecule has 1 aliphatic carbocycles. The maximum absolute atomic E-state index is 12.9. The molecule has 1 atom stereocenters. The predicted octanol–water partition coefficient (Wildman–Crippen LogP) is 5.49. The molecule has 1 aromatic heterocycles. The highest BCUT2D eigenvalue weighted by Crippen LogP contribution is 2.39. The summed E-state index contributed by atoms with van der Waals surface area (Å²) in [6.45, 7) is 4.93. The Morgan fingerprint density at radius 1 is 1.29 bits per heavy atom. The van der Waals surface area contributed by atoms with Gasteiger partial charge in [0.15, 0.2) is 11.5 Å². The number of ether oxygens (including phenoxy) is 2. The molecule has 0 unspecified atom stereocenters. The molecule has 0 saturated carbocycles. The summed E-state index contributed by atoms with van der Waals surface area (Å²) in [5.74, 6) is 0.511. The van der Waals surface area contributed by atoms with Crippen LogP contribution in [0.4, 0.5) is 5.00 Å². The standard InChI is InChI=1S/C27H33N3O4S/c1-4-5-6-7-12-34-21-11-9-18(15-22(21)33-3)14-19(16-28)26(32)30-27-24(25(29)31)20-10-8-17(2)13-23(20)35-27/h9,11,14-15,17H,4-8,10,12-13H2,1-3H3,(H2,29,31)(H,30,32)/b19-14+/t17-/m0/s1. The number of fused-ring (bicyclic) bond motifs is 1. The Labute approximate surface area is 210 Å². The number of primary amides is 1. The van der Waals surface area contributed by atoms with Crippen molar-refractivity contribution in [3.05, 3.63) is 45.3 Å². The van der Waals surface area contributed by atoms with E-state index in [1.54, 1.807) is 25.3 Å². The number of nitrogens with two attached hydrogens (primary N) is 1. The molecule has 3 N–H and O–H groups in total. The van der Waals surface area contributed by atoms with Crippen molar-refractivity contribution in [1.29, 1.82) is 5.26 Å². The Kier molecular flexibility index (Phi) is 9.32. The van der Waals surface area contributed by atoms with Gasteiger partial charge in [0.25, 0.3) is 11.8 Å². The summed E-state index contributed by atoms with van der Waals surface area (Å²) < 4.78 is 11.3. The van der Waals surface area contributed by atoms with Crippen LogP contribution in [0.25, 0.3) is 6.08 Å². The third-order valence-corrected chi connectivity index (χ3v) is 7.27. The lowest BCUT2D eigenvalue weighted by atomic mass is 9.88. The van der Waals surface area contributed by atoms with E-state index >= 15 is 0 Å². The minimum absolute atomic E-state index is 0.0875. The number of nitrogens with one attached hydrogen (secondary N) is 1. The highest BCUT2D eigenvalue weighted by Gasteiger charge is 2.27. The monoisotopic (exact) mass is 495 g/mol. The van der Waals surface area contributed by atoms with Crippen molar-refractivity contribution in [2.24, 2.45) is 11.7 Å². The summed E-state index contributed by atoms with van der Waals surface area (Å²) in [6, 6.07) is 7.23. The summed E-state index contributed by atoms with van der Waals surface area (Å²) >= 11 is 1.37. The molecule has 7 nitrogen and oxygen atoms in total. The van der Waals surface area contributed by atoms with Gasteiger partial charge in [-0.25, -0.2) is 0 Å². The van der Waals surface area contributed by atoms with E-state index in [2.05, 4.69) is 19.2 Å². The molecule has 2 aromatic rings. The zero-order chi connectivity index (χ0) is 25.4. The Bertz CT molecular complexity index is 1150. The molecule has 1 aromatic carbocycles. The third kappa shape index (κ3) is 6.64. The molecular weight excluding hydrogens is 462 g/mol. The summed E-state index contributed by atoms with van der Waals surface area (Å²) in [5, 5.41) is 12.8. The van der Waals surface area contributed by atoms with Crippen LogP contribution in [0.5, 0.6) is 11.5 Å². The van der Waals surface area contributed by atoms with Crippen molar-refractivity contribution in [2.45, 2.75) is 58.8 Å². The molecular formula is C27H33N3O4S. The first-order valence-corrected chi connectivity index (χ1v) is 12.9. The van der Waals surface area contributed by atoms with E-state index in [-0.39, 0.29) is 5.57 Å². The van der Waals surface area contributed by atoms with Gasteiger partial charge in [-0.15, -0.1) is 11.3 Å². The van der Waals surface area contributed by atoms with E-state index in [9.17, 15) is 14.9 Å². The first-order chi connectivity index (χ1) is 16.9. The topological polar surface area (TPSA) is 114 Å². The van der Waals surface area contributed by atoms with Crippen molar-refractivity contribution in [2.75, 3.05) is 19.0 Å². The minimum Gasteiger partial charge on any atom is -0.493 e. The molecule has 35 heavy (non-hydrogen) atoms. The number of carbonyl (C=O) groups is 2. The number of unbranched alkanes of at least 4 members (excludes halogenated alkanes) is 3. The Morgan fingerprint density at radius 3 is 2.77 bits per heavy atom. The lowest BCUT2D eigenvalue weighted by molar-refractivity contribution is -0.112. The van der Waals surface area contributed by atoms with Gasteiger partial charge in [0.1, 0.15) is 16.6 Å². The number of rotatable bonds is 11. The van der Waals surface area contributed by atoms with Gasteiger partial charge in [0, 0.05) is 4.88 Å². The van der Waals surface area contributed by atoms with Gasteiger partial charge in [-0.05, 0) is 60.9 Å². The second kappa shape index (κ2) is 12.4. The molecule has 1 aliphatic rings. The summed E-state index contributed by atoms with van der Waals surface area (Å²) in [5.41, 5.74) is 7.47. The first kappa shape index (κ1) is 26.3. The maximum Gasteiger partial charge on any atom is 0.266 e. The highest BCUT2D eigenvalue weighted by molar-refractivity contribution is 7.17. The average Bonchev–Trinajstić information content (AvgIpc) is 3.19. The molecule has 0 saturated heterocycles. The average molecular weight is 496 g/mol. The van der Waals surface area contributed by atoms with Crippen LogP contribution in [-0.2, 0) is 17.6 Å². The van der Waals surface area contributed by atoms with E-state index < -0.39 is 11.8 Å². The Balaban J connectivity index is 1.77. The van der Waals surface area contributed by atoms with Gasteiger partial charge in [-0.1, -0.05) is 39.2 Å². The number of nitrogens with zero attached hydrogens (tertiary/aromatic N) is 1. The number of hydrogen-bond donors (Lipinski definition) is 2. The first-order valence-electron chi connectivity index (χ1n) is 12.1. The quantitative estimate of drug-likeness (QED) is 0.243. The predicted molar refractivity (Wildman–Crippen MR) is 139 cm³/mol. The number of thiophene rings is 1. The Hall–Kier alpha value is -3.31. The second-order valence-electron chi connectivity index (χ2n) is 8.86. The molecule has 0 aliphatic heterocycles. The molecule has 0 bridgehead atoms. The highest BCUT2D eigenvalue weighted by atomic mass is 32.1. The van der Waals surface area contributed by atoms with Crippen molar-refractivity contribution >= 4 is 34.2 Å². The molecule has 0 fully saturated rings. The molecule has 2 amide bonds. The van der Waals surface area contributed by atoms with Crippen LogP contribution in [0.3, 0.4) is 0 Å². The molecule has 1 heterocycles. The Morgan fingerprint density at radius 2 is 2.09 bits per heavy atom. The third-order valence-electron chi connectivity index (χ3n) is 6.10. The molecule has 3 rings (SSSR count). The number of methoxy groups -OCH3 is 1. The van der Waals surface area contributed by atoms with Crippen molar-refractivity contribution < 1.29 is 19.1 Å². The van der Waals surface area contributed by atoms with E-state index in [0.717, 1.165) is 49.0 Å². The van der Waals surface area contributed by atoms with Crippen LogP contribution < -0.4 is 20.5 Å². The normalized spacial score (nSPS) is 15.1. The number of carbonyl (C=O) groups excluding carboxylic acids is 2. The molecule has 186 valence electrons. The van der Waals surface area contributed by atoms with Crippen molar-refractivity contribution in [1.82, 2.24) is 0 Å². The van der Waals surface area contributed by atoms with E-state index in [0.29, 0.717) is 40.2 Å². The van der Waals surface area contributed by atoms with Gasteiger partial charge in [0.05, 0.1) is 19.3 Å². The fraction of sp³-hybridized carbons (Fsp3) is 0.444. The van der Waals surface area contributed by atoms with E-state index in [4.69, 9.17) is 15.2 Å². The number of benzene rings is 1. The fourth-order valence-electron chi connectivity index (χ4n) is 4.19.